The van der Waals surface area contributed by atoms with Crippen LogP contribution in [0.1, 0.15) is 26.3 Å². The molecule has 0 aliphatic rings. The van der Waals surface area contributed by atoms with Crippen molar-refractivity contribution in [2.75, 3.05) is 21.3 Å². The van der Waals surface area contributed by atoms with Crippen LogP contribution >= 0.6 is 0 Å². The largest absolute Gasteiger partial charge is 0.496 e. The molecule has 0 bridgehead atoms. The number of aromatic nitrogens is 1. The van der Waals surface area contributed by atoms with Gasteiger partial charge in [-0.15, -0.1) is 0 Å². The lowest BCUT2D eigenvalue weighted by atomic mass is 10.2. The van der Waals surface area contributed by atoms with E-state index in [-0.39, 0.29) is 0 Å². The molecule has 1 rings (SSSR count). The molecule has 21 heavy (non-hydrogen) atoms. The van der Waals surface area contributed by atoms with Gasteiger partial charge in [0.1, 0.15) is 11.4 Å². The van der Waals surface area contributed by atoms with Crippen LogP contribution in [0, 0.1) is 0 Å². The van der Waals surface area contributed by atoms with E-state index in [1.807, 2.05) is 0 Å². The minimum atomic E-state index is -0.548. The van der Waals surface area contributed by atoms with E-state index in [0.717, 1.165) is 0 Å². The molecule has 0 aliphatic carbocycles. The molecule has 0 aliphatic heterocycles. The third-order valence-corrected chi connectivity index (χ3v) is 2.38. The van der Waals surface area contributed by atoms with Crippen LogP contribution in [-0.2, 0) is 9.53 Å². The fraction of sp³-hybridized carbons (Fsp3) is 0.467. The Hall–Kier alpha value is -2.24. The molecule has 0 unspecified atom stereocenters. The van der Waals surface area contributed by atoms with Crippen LogP contribution in [0.15, 0.2) is 12.1 Å². The van der Waals surface area contributed by atoms with Gasteiger partial charge in [0, 0.05) is 12.1 Å². The van der Waals surface area contributed by atoms with E-state index in [0.29, 0.717) is 23.1 Å². The van der Waals surface area contributed by atoms with Crippen molar-refractivity contribution >= 4 is 12.0 Å². The van der Waals surface area contributed by atoms with E-state index in [1.54, 1.807) is 26.8 Å². The van der Waals surface area contributed by atoms with Crippen molar-refractivity contribution in [3.8, 4) is 17.5 Å². The van der Waals surface area contributed by atoms with Crippen LogP contribution in [0.5, 0.6) is 17.5 Å². The van der Waals surface area contributed by atoms with E-state index in [9.17, 15) is 4.79 Å². The number of esters is 1. The normalized spacial score (nSPS) is 11.3. The van der Waals surface area contributed by atoms with E-state index in [2.05, 4.69) is 4.98 Å². The van der Waals surface area contributed by atoms with E-state index < -0.39 is 11.6 Å². The summed E-state index contributed by atoms with van der Waals surface area (Å²) in [5, 5.41) is 0. The molecule has 1 heterocycles. The summed E-state index contributed by atoms with van der Waals surface area (Å²) in [7, 11) is 4.49. The van der Waals surface area contributed by atoms with Gasteiger partial charge in [0.15, 0.2) is 0 Å². The lowest BCUT2D eigenvalue weighted by Gasteiger charge is -2.18. The Labute approximate surface area is 124 Å². The van der Waals surface area contributed by atoms with Crippen LogP contribution < -0.4 is 14.2 Å². The SMILES string of the molecule is COc1cc(OC)c(/C=C/C(=O)OC(C)(C)C)c(OC)n1. The highest BCUT2D eigenvalue weighted by Gasteiger charge is 2.16. The van der Waals surface area contributed by atoms with Crippen molar-refractivity contribution in [1.29, 1.82) is 0 Å². The van der Waals surface area contributed by atoms with Crippen molar-refractivity contribution in [2.24, 2.45) is 0 Å². The van der Waals surface area contributed by atoms with Gasteiger partial charge in [-0.3, -0.25) is 0 Å². The fourth-order valence-corrected chi connectivity index (χ4v) is 1.56. The first-order chi connectivity index (χ1) is 9.80. The number of carbonyl (C=O) groups excluding carboxylic acids is 1. The third-order valence-electron chi connectivity index (χ3n) is 2.38. The number of carbonyl (C=O) groups is 1. The molecule has 0 radical (unpaired) electrons. The molecule has 0 fully saturated rings. The zero-order valence-electron chi connectivity index (χ0n) is 13.2. The molecular weight excluding hydrogens is 274 g/mol. The number of hydrogen-bond donors (Lipinski definition) is 0. The van der Waals surface area contributed by atoms with Gasteiger partial charge in [-0.2, -0.15) is 4.98 Å². The monoisotopic (exact) mass is 295 g/mol. The summed E-state index contributed by atoms with van der Waals surface area (Å²) in [4.78, 5) is 15.9. The minimum absolute atomic E-state index is 0.297. The zero-order chi connectivity index (χ0) is 16.0. The number of hydrogen-bond acceptors (Lipinski definition) is 6. The maximum absolute atomic E-state index is 11.7. The Kier molecular flexibility index (Phi) is 5.58. The summed E-state index contributed by atoms with van der Waals surface area (Å²) in [6.45, 7) is 5.40. The summed E-state index contributed by atoms with van der Waals surface area (Å²) in [6, 6.07) is 1.61. The highest BCUT2D eigenvalue weighted by atomic mass is 16.6. The van der Waals surface area contributed by atoms with Gasteiger partial charge < -0.3 is 18.9 Å². The quantitative estimate of drug-likeness (QED) is 0.614. The van der Waals surface area contributed by atoms with E-state index in [1.165, 1.54) is 33.5 Å². The first-order valence-corrected chi connectivity index (χ1v) is 6.38. The van der Waals surface area contributed by atoms with Crippen molar-refractivity contribution in [1.82, 2.24) is 4.98 Å². The van der Waals surface area contributed by atoms with Crippen LogP contribution in [0.4, 0.5) is 0 Å². The van der Waals surface area contributed by atoms with Crippen LogP contribution in [-0.4, -0.2) is 37.9 Å². The molecule has 0 aromatic carbocycles. The number of rotatable bonds is 5. The van der Waals surface area contributed by atoms with Crippen LogP contribution in [0.2, 0.25) is 0 Å². The Morgan fingerprint density at radius 2 is 1.81 bits per heavy atom. The second kappa shape index (κ2) is 6.97. The van der Waals surface area contributed by atoms with Crippen LogP contribution in [0.3, 0.4) is 0 Å². The second-order valence-electron chi connectivity index (χ2n) is 5.16. The fourth-order valence-electron chi connectivity index (χ4n) is 1.56. The number of ether oxygens (including phenoxy) is 4. The molecule has 0 amide bonds. The molecule has 0 atom stereocenters. The average molecular weight is 295 g/mol. The summed E-state index contributed by atoms with van der Waals surface area (Å²) < 4.78 is 20.7. The summed E-state index contributed by atoms with van der Waals surface area (Å²) in [5.41, 5.74) is -0.0139. The lowest BCUT2D eigenvalue weighted by molar-refractivity contribution is -0.148. The van der Waals surface area contributed by atoms with Crippen LogP contribution in [0.25, 0.3) is 6.08 Å². The van der Waals surface area contributed by atoms with E-state index >= 15 is 0 Å². The van der Waals surface area contributed by atoms with Gasteiger partial charge in [0.05, 0.1) is 26.9 Å². The van der Waals surface area contributed by atoms with Crippen molar-refractivity contribution < 1.29 is 23.7 Å². The molecule has 1 aromatic heterocycles. The molecule has 1 aromatic rings. The molecular formula is C15H21NO5. The standard InChI is InChI=1S/C15H21NO5/c1-15(2,3)21-13(17)8-7-10-11(18-4)9-12(19-5)16-14(10)20-6/h7-9H,1-6H3/b8-7+. The Bertz CT molecular complexity index is 506. The highest BCUT2D eigenvalue weighted by molar-refractivity contribution is 5.88. The van der Waals surface area contributed by atoms with E-state index in [4.69, 9.17) is 18.9 Å². The molecule has 0 N–H and O–H groups in total. The molecule has 0 spiro atoms. The van der Waals surface area contributed by atoms with Gasteiger partial charge in [-0.05, 0) is 26.8 Å². The van der Waals surface area contributed by atoms with Crippen molar-refractivity contribution in [3.63, 3.8) is 0 Å². The summed E-state index contributed by atoms with van der Waals surface area (Å²) >= 11 is 0. The van der Waals surface area contributed by atoms with Gasteiger partial charge in [0.2, 0.25) is 11.8 Å². The lowest BCUT2D eigenvalue weighted by Crippen LogP contribution is -2.22. The molecule has 0 saturated carbocycles. The topological polar surface area (TPSA) is 66.9 Å². The maximum Gasteiger partial charge on any atom is 0.331 e. The number of pyridine rings is 1. The second-order valence-corrected chi connectivity index (χ2v) is 5.16. The maximum atomic E-state index is 11.7. The first-order valence-electron chi connectivity index (χ1n) is 6.38. The highest BCUT2D eigenvalue weighted by Crippen LogP contribution is 2.31. The summed E-state index contributed by atoms with van der Waals surface area (Å²) in [5.74, 6) is 0.685. The summed E-state index contributed by atoms with van der Waals surface area (Å²) in [6.07, 6.45) is 2.85. The average Bonchev–Trinajstić information content (AvgIpc) is 2.42. The molecule has 0 saturated heterocycles. The Morgan fingerprint density at radius 3 is 2.29 bits per heavy atom. The van der Waals surface area contributed by atoms with Gasteiger partial charge in [-0.25, -0.2) is 4.79 Å². The van der Waals surface area contributed by atoms with Gasteiger partial charge in [-0.1, -0.05) is 0 Å². The number of nitrogens with zero attached hydrogens (tertiary/aromatic N) is 1. The first kappa shape index (κ1) is 16.8. The number of methoxy groups -OCH3 is 3. The third kappa shape index (κ3) is 4.98. The molecule has 116 valence electrons. The molecule has 6 heteroatoms. The Morgan fingerprint density at radius 1 is 1.14 bits per heavy atom. The minimum Gasteiger partial charge on any atom is -0.496 e. The zero-order valence-corrected chi connectivity index (χ0v) is 13.2. The van der Waals surface area contributed by atoms with Gasteiger partial charge in [0.25, 0.3) is 0 Å². The van der Waals surface area contributed by atoms with Crippen molar-refractivity contribution in [2.45, 2.75) is 26.4 Å². The predicted octanol–water partition coefficient (Wildman–Crippen LogP) is 2.46. The van der Waals surface area contributed by atoms with Crippen molar-refractivity contribution in [3.05, 3.63) is 17.7 Å². The predicted molar refractivity (Wildman–Crippen MR) is 78.8 cm³/mol. The molecule has 6 nitrogen and oxygen atoms in total. The Balaban J connectivity index is 3.09. The smallest absolute Gasteiger partial charge is 0.331 e. The van der Waals surface area contributed by atoms with Gasteiger partial charge >= 0.3 is 5.97 Å².